The average molecular weight is 148 g/mol. The third kappa shape index (κ3) is 1.59. The zero-order valence-corrected chi connectivity index (χ0v) is 6.34. The molecule has 0 aromatic heterocycles. The van der Waals surface area contributed by atoms with Crippen molar-refractivity contribution in [2.24, 2.45) is 0 Å². The average Bonchev–Trinajstić information content (AvgIpc) is 2.04. The standard InChI is InChI=1S/C10H9F/c1-3-8(2)9-6-4-5-7-10(9)11/h1,4-8H,2H3. The molecule has 0 heterocycles. The lowest BCUT2D eigenvalue weighted by Crippen LogP contribution is -1.92. The first-order valence-corrected chi connectivity index (χ1v) is 3.46. The van der Waals surface area contributed by atoms with Gasteiger partial charge in [-0.3, -0.25) is 0 Å². The lowest BCUT2D eigenvalue weighted by Gasteiger charge is -2.03. The lowest BCUT2D eigenvalue weighted by molar-refractivity contribution is 0.607. The van der Waals surface area contributed by atoms with Crippen LogP contribution in [0.25, 0.3) is 0 Å². The Morgan fingerprint density at radius 1 is 1.45 bits per heavy atom. The van der Waals surface area contributed by atoms with E-state index in [0.29, 0.717) is 5.56 Å². The third-order valence-corrected chi connectivity index (χ3v) is 1.62. The highest BCUT2D eigenvalue weighted by molar-refractivity contribution is 5.26. The van der Waals surface area contributed by atoms with E-state index in [9.17, 15) is 4.39 Å². The summed E-state index contributed by atoms with van der Waals surface area (Å²) in [6.07, 6.45) is 5.16. The van der Waals surface area contributed by atoms with Crippen LogP contribution in [0.15, 0.2) is 24.3 Å². The van der Waals surface area contributed by atoms with Gasteiger partial charge in [0.1, 0.15) is 5.82 Å². The van der Waals surface area contributed by atoms with Gasteiger partial charge in [0.15, 0.2) is 0 Å². The topological polar surface area (TPSA) is 0 Å². The molecule has 0 nitrogen and oxygen atoms in total. The molecule has 1 atom stereocenters. The van der Waals surface area contributed by atoms with E-state index < -0.39 is 0 Å². The van der Waals surface area contributed by atoms with Crippen LogP contribution in [0.4, 0.5) is 4.39 Å². The molecular formula is C10H9F. The molecule has 0 aliphatic rings. The fourth-order valence-electron chi connectivity index (χ4n) is 0.916. The van der Waals surface area contributed by atoms with Gasteiger partial charge in [0.2, 0.25) is 0 Å². The van der Waals surface area contributed by atoms with Gasteiger partial charge in [-0.2, -0.15) is 0 Å². The first-order chi connectivity index (χ1) is 5.25. The van der Waals surface area contributed by atoms with Gasteiger partial charge in [0.25, 0.3) is 0 Å². The van der Waals surface area contributed by atoms with Crippen LogP contribution in [0, 0.1) is 18.2 Å². The molecule has 1 rings (SSSR count). The molecule has 0 amide bonds. The van der Waals surface area contributed by atoms with Gasteiger partial charge < -0.3 is 0 Å². The smallest absolute Gasteiger partial charge is 0.127 e. The minimum Gasteiger partial charge on any atom is -0.207 e. The molecule has 0 saturated carbocycles. The zero-order valence-electron chi connectivity index (χ0n) is 6.34. The van der Waals surface area contributed by atoms with E-state index in [1.165, 1.54) is 6.07 Å². The van der Waals surface area contributed by atoms with Crippen molar-refractivity contribution in [3.8, 4) is 12.3 Å². The summed E-state index contributed by atoms with van der Waals surface area (Å²) in [5.74, 6) is 2.12. The number of terminal acetylenes is 1. The summed E-state index contributed by atoms with van der Waals surface area (Å²) in [4.78, 5) is 0. The minimum atomic E-state index is -0.224. The highest BCUT2D eigenvalue weighted by Crippen LogP contribution is 2.16. The minimum absolute atomic E-state index is 0.142. The Morgan fingerprint density at radius 2 is 2.09 bits per heavy atom. The SMILES string of the molecule is C#CC(C)c1ccccc1F. The van der Waals surface area contributed by atoms with Crippen molar-refractivity contribution >= 4 is 0 Å². The lowest BCUT2D eigenvalue weighted by atomic mass is 10.0. The van der Waals surface area contributed by atoms with Crippen LogP contribution in [0.3, 0.4) is 0 Å². The quantitative estimate of drug-likeness (QED) is 0.537. The van der Waals surface area contributed by atoms with Crippen LogP contribution < -0.4 is 0 Å². The summed E-state index contributed by atoms with van der Waals surface area (Å²) >= 11 is 0. The molecule has 56 valence electrons. The van der Waals surface area contributed by atoms with E-state index in [0.717, 1.165) is 0 Å². The van der Waals surface area contributed by atoms with Crippen molar-refractivity contribution < 1.29 is 4.39 Å². The molecule has 0 N–H and O–H groups in total. The molecule has 0 radical (unpaired) electrons. The largest absolute Gasteiger partial charge is 0.207 e. The molecule has 0 spiro atoms. The summed E-state index contributed by atoms with van der Waals surface area (Å²) in [5.41, 5.74) is 0.593. The summed E-state index contributed by atoms with van der Waals surface area (Å²) in [6.45, 7) is 1.80. The van der Waals surface area contributed by atoms with Crippen molar-refractivity contribution in [3.63, 3.8) is 0 Å². The molecular weight excluding hydrogens is 139 g/mol. The monoisotopic (exact) mass is 148 g/mol. The molecule has 0 saturated heterocycles. The summed E-state index contributed by atoms with van der Waals surface area (Å²) in [6, 6.07) is 6.57. The van der Waals surface area contributed by atoms with Crippen LogP contribution in [-0.4, -0.2) is 0 Å². The molecule has 1 aromatic rings. The van der Waals surface area contributed by atoms with E-state index >= 15 is 0 Å². The molecule has 1 unspecified atom stereocenters. The van der Waals surface area contributed by atoms with Gasteiger partial charge in [0.05, 0.1) is 0 Å². The second-order valence-corrected chi connectivity index (χ2v) is 2.41. The van der Waals surface area contributed by atoms with Gasteiger partial charge >= 0.3 is 0 Å². The zero-order chi connectivity index (χ0) is 8.27. The van der Waals surface area contributed by atoms with Gasteiger partial charge in [0, 0.05) is 11.5 Å². The first kappa shape index (κ1) is 7.81. The van der Waals surface area contributed by atoms with Gasteiger partial charge in [-0.25, -0.2) is 4.39 Å². The van der Waals surface area contributed by atoms with Gasteiger partial charge in [-0.15, -0.1) is 6.42 Å². The van der Waals surface area contributed by atoms with E-state index in [2.05, 4.69) is 5.92 Å². The number of benzene rings is 1. The molecule has 0 fully saturated rings. The molecule has 0 aliphatic carbocycles. The molecule has 11 heavy (non-hydrogen) atoms. The van der Waals surface area contributed by atoms with Crippen LogP contribution in [0.2, 0.25) is 0 Å². The van der Waals surface area contributed by atoms with E-state index in [1.807, 2.05) is 0 Å². The Labute approximate surface area is 66.1 Å². The maximum atomic E-state index is 12.9. The van der Waals surface area contributed by atoms with E-state index in [1.54, 1.807) is 25.1 Å². The highest BCUT2D eigenvalue weighted by Gasteiger charge is 2.05. The van der Waals surface area contributed by atoms with Crippen molar-refractivity contribution in [1.82, 2.24) is 0 Å². The molecule has 0 aliphatic heterocycles. The van der Waals surface area contributed by atoms with Crippen molar-refractivity contribution in [2.75, 3.05) is 0 Å². The molecule has 0 bridgehead atoms. The Balaban J connectivity index is 3.05. The van der Waals surface area contributed by atoms with Crippen molar-refractivity contribution in [3.05, 3.63) is 35.6 Å². The van der Waals surface area contributed by atoms with Crippen LogP contribution in [0.5, 0.6) is 0 Å². The number of hydrogen-bond donors (Lipinski definition) is 0. The Bertz CT molecular complexity index is 283. The fraction of sp³-hybridized carbons (Fsp3) is 0.200. The van der Waals surface area contributed by atoms with Gasteiger partial charge in [-0.05, 0) is 13.0 Å². The second-order valence-electron chi connectivity index (χ2n) is 2.41. The van der Waals surface area contributed by atoms with Crippen molar-refractivity contribution in [1.29, 1.82) is 0 Å². The number of rotatable bonds is 1. The maximum Gasteiger partial charge on any atom is 0.127 e. The third-order valence-electron chi connectivity index (χ3n) is 1.62. The highest BCUT2D eigenvalue weighted by atomic mass is 19.1. The van der Waals surface area contributed by atoms with E-state index in [4.69, 9.17) is 6.42 Å². The Hall–Kier alpha value is -1.29. The molecule has 1 heteroatoms. The van der Waals surface area contributed by atoms with Crippen molar-refractivity contribution in [2.45, 2.75) is 12.8 Å². The number of hydrogen-bond acceptors (Lipinski definition) is 0. The predicted molar refractivity (Wildman–Crippen MR) is 43.6 cm³/mol. The van der Waals surface area contributed by atoms with Crippen LogP contribution >= 0.6 is 0 Å². The summed E-state index contributed by atoms with van der Waals surface area (Å²) in [5, 5.41) is 0. The van der Waals surface area contributed by atoms with Crippen LogP contribution in [-0.2, 0) is 0 Å². The number of halogens is 1. The second kappa shape index (κ2) is 3.21. The first-order valence-electron chi connectivity index (χ1n) is 3.46. The van der Waals surface area contributed by atoms with Crippen LogP contribution in [0.1, 0.15) is 18.4 Å². The molecule has 1 aromatic carbocycles. The Morgan fingerprint density at radius 3 is 2.64 bits per heavy atom. The van der Waals surface area contributed by atoms with Gasteiger partial charge in [-0.1, -0.05) is 24.1 Å². The van der Waals surface area contributed by atoms with E-state index in [-0.39, 0.29) is 11.7 Å². The fourth-order valence-corrected chi connectivity index (χ4v) is 0.916. The summed E-state index contributed by atoms with van der Waals surface area (Å²) in [7, 11) is 0. The summed E-state index contributed by atoms with van der Waals surface area (Å²) < 4.78 is 12.9. The maximum absolute atomic E-state index is 12.9. The predicted octanol–water partition coefficient (Wildman–Crippen LogP) is 2.56. The normalized spacial score (nSPS) is 12.1. The Kier molecular flexibility index (Phi) is 2.28.